The van der Waals surface area contributed by atoms with Crippen molar-refractivity contribution in [3.05, 3.63) is 0 Å². The van der Waals surface area contributed by atoms with Gasteiger partial charge in [0.15, 0.2) is 0 Å². The molecule has 14 heavy (non-hydrogen) atoms. The van der Waals surface area contributed by atoms with Gasteiger partial charge in [-0.2, -0.15) is 0 Å². The Morgan fingerprint density at radius 1 is 0.929 bits per heavy atom. The molecular formula is C9H20Cl2LiMgN+2. The number of piperidine rings is 1. The van der Waals surface area contributed by atoms with E-state index in [1.54, 1.807) is 0 Å². The topological polar surface area (TPSA) is 12.0 Å². The second kappa shape index (κ2) is 8.99. The van der Waals surface area contributed by atoms with Gasteiger partial charge in [0.25, 0.3) is 0 Å². The van der Waals surface area contributed by atoms with Crippen molar-refractivity contribution >= 4 is 35.5 Å². The molecule has 0 unspecified atom stereocenters. The summed E-state index contributed by atoms with van der Waals surface area (Å²) in [5, 5.41) is 3.63. The summed E-state index contributed by atoms with van der Waals surface area (Å²) in [5.74, 6) is 0. The van der Waals surface area contributed by atoms with E-state index in [4.69, 9.17) is 0 Å². The van der Waals surface area contributed by atoms with Gasteiger partial charge in [-0.15, -0.1) is 12.4 Å². The fraction of sp³-hybridized carbons (Fsp3) is 1.00. The maximum Gasteiger partial charge on any atom is 2.00 e. The summed E-state index contributed by atoms with van der Waals surface area (Å²) in [6, 6.07) is 0. The van der Waals surface area contributed by atoms with E-state index in [0.717, 1.165) is 0 Å². The summed E-state index contributed by atoms with van der Waals surface area (Å²) in [7, 11) is 0. The molecule has 1 fully saturated rings. The van der Waals surface area contributed by atoms with Crippen LogP contribution in [0.15, 0.2) is 0 Å². The molecule has 1 nitrogen and oxygen atoms in total. The summed E-state index contributed by atoms with van der Waals surface area (Å²) in [6.45, 7) is 9.14. The van der Waals surface area contributed by atoms with Crippen molar-refractivity contribution in [3.63, 3.8) is 0 Å². The van der Waals surface area contributed by atoms with Crippen LogP contribution in [0.3, 0.4) is 0 Å². The van der Waals surface area contributed by atoms with Crippen LogP contribution >= 0.6 is 12.4 Å². The van der Waals surface area contributed by atoms with Crippen LogP contribution in [0.5, 0.6) is 0 Å². The Morgan fingerprint density at radius 3 is 1.36 bits per heavy atom. The maximum atomic E-state index is 3.63. The van der Waals surface area contributed by atoms with Crippen molar-refractivity contribution in [2.75, 3.05) is 0 Å². The number of hydrogen-bond donors (Lipinski definition) is 1. The van der Waals surface area contributed by atoms with E-state index in [9.17, 15) is 0 Å². The molecule has 0 aromatic carbocycles. The fourth-order valence-corrected chi connectivity index (χ4v) is 2.01. The molecule has 1 N–H and O–H groups in total. The van der Waals surface area contributed by atoms with Gasteiger partial charge in [0.1, 0.15) is 0 Å². The molecule has 1 rings (SSSR count). The Hall–Kier alpha value is 1.90. The Kier molecular flexibility index (Phi) is 16.0. The van der Waals surface area contributed by atoms with Crippen LogP contribution in [0.4, 0.5) is 0 Å². The number of hydrogen-bond acceptors (Lipinski definition) is 1. The summed E-state index contributed by atoms with van der Waals surface area (Å²) >= 11 is 0. The second-order valence-electron chi connectivity index (χ2n) is 4.75. The average Bonchev–Trinajstić information content (AvgIpc) is 1.56. The van der Waals surface area contributed by atoms with Crippen molar-refractivity contribution in [1.29, 1.82) is 0 Å². The van der Waals surface area contributed by atoms with Gasteiger partial charge in [-0.25, -0.2) is 0 Å². The Labute approximate surface area is 129 Å². The first-order chi connectivity index (χ1) is 4.41. The van der Waals surface area contributed by atoms with Crippen LogP contribution in [0.25, 0.3) is 0 Å². The Balaban J connectivity index is -0.000000125. The molecule has 1 heterocycles. The van der Waals surface area contributed by atoms with Gasteiger partial charge in [-0.1, -0.05) is 0 Å². The van der Waals surface area contributed by atoms with Gasteiger partial charge in [0.2, 0.25) is 0 Å². The third-order valence-corrected chi connectivity index (χ3v) is 2.28. The first kappa shape index (κ1) is 24.9. The van der Waals surface area contributed by atoms with E-state index in [-0.39, 0.29) is 66.7 Å². The van der Waals surface area contributed by atoms with Crippen LogP contribution in [-0.2, 0) is 0 Å². The second-order valence-corrected chi connectivity index (χ2v) is 4.75. The van der Waals surface area contributed by atoms with Crippen molar-refractivity contribution in [1.82, 2.24) is 5.32 Å². The standard InChI is InChI=1S/C9H19N.2ClH.Li.Mg/c1-8(2)6-5-7-9(3,4)10-8;;;;/h10H,5-7H2,1-4H3;2*1H;;/q;;;+1;+2/p-1. The Morgan fingerprint density at radius 2 is 1.21 bits per heavy atom. The van der Waals surface area contributed by atoms with E-state index >= 15 is 0 Å². The smallest absolute Gasteiger partial charge is 1.00 e. The molecule has 0 aromatic rings. The molecule has 0 spiro atoms. The molecule has 0 aliphatic carbocycles. The normalized spacial score (nSPS) is 21.4. The van der Waals surface area contributed by atoms with Gasteiger partial charge in [0, 0.05) is 11.1 Å². The predicted molar refractivity (Wildman–Crippen MR) is 58.1 cm³/mol. The van der Waals surface area contributed by atoms with Crippen LogP contribution in [-0.4, -0.2) is 34.1 Å². The zero-order valence-corrected chi connectivity index (χ0v) is 13.1. The number of rotatable bonds is 0. The minimum Gasteiger partial charge on any atom is -1.00 e. The van der Waals surface area contributed by atoms with Gasteiger partial charge >= 0.3 is 41.9 Å². The van der Waals surface area contributed by atoms with Crippen LogP contribution in [0.2, 0.25) is 0 Å². The largest absolute Gasteiger partial charge is 2.00 e. The molecule has 0 bridgehead atoms. The summed E-state index contributed by atoms with van der Waals surface area (Å²) in [4.78, 5) is 0. The first-order valence-electron chi connectivity index (χ1n) is 4.21. The van der Waals surface area contributed by atoms with Crippen LogP contribution in [0.1, 0.15) is 47.0 Å². The van der Waals surface area contributed by atoms with Gasteiger partial charge in [-0.3, -0.25) is 0 Å². The van der Waals surface area contributed by atoms with Crippen molar-refractivity contribution < 1.29 is 31.3 Å². The summed E-state index contributed by atoms with van der Waals surface area (Å²) < 4.78 is 0. The molecular weight excluding hydrogens is 224 g/mol. The van der Waals surface area contributed by atoms with Crippen molar-refractivity contribution in [2.24, 2.45) is 0 Å². The van der Waals surface area contributed by atoms with Crippen LogP contribution in [0, 0.1) is 0 Å². The predicted octanol–water partition coefficient (Wildman–Crippen LogP) is -3.63. The van der Waals surface area contributed by atoms with E-state index in [2.05, 4.69) is 33.0 Å². The fourth-order valence-electron chi connectivity index (χ4n) is 2.01. The van der Waals surface area contributed by atoms with Gasteiger partial charge in [-0.05, 0) is 47.0 Å². The Bertz CT molecular complexity index is 129. The zero-order valence-electron chi connectivity index (χ0n) is 10.1. The van der Waals surface area contributed by atoms with E-state index in [1.807, 2.05) is 0 Å². The first-order valence-corrected chi connectivity index (χ1v) is 4.21. The van der Waals surface area contributed by atoms with E-state index in [1.165, 1.54) is 19.3 Å². The van der Waals surface area contributed by atoms with Gasteiger partial charge in [0.05, 0.1) is 0 Å². The molecule has 0 atom stereocenters. The number of halogens is 2. The monoisotopic (exact) mass is 243 g/mol. The van der Waals surface area contributed by atoms with E-state index in [0.29, 0.717) is 11.1 Å². The van der Waals surface area contributed by atoms with Gasteiger partial charge < -0.3 is 17.7 Å². The maximum absolute atomic E-state index is 3.63. The summed E-state index contributed by atoms with van der Waals surface area (Å²) in [5.41, 5.74) is 0.726. The third-order valence-electron chi connectivity index (χ3n) is 2.28. The number of nitrogens with one attached hydrogen (secondary N) is 1. The SMILES string of the molecule is CC1(C)CCCC(C)(C)N1.Cl.[Cl-].[Li+].[Mg+2]. The minimum absolute atomic E-state index is 0. The van der Waals surface area contributed by atoms with Crippen molar-refractivity contribution in [2.45, 2.75) is 58.0 Å². The molecule has 5 heteroatoms. The molecule has 0 aromatic heterocycles. The summed E-state index contributed by atoms with van der Waals surface area (Å²) in [6.07, 6.45) is 4.00. The molecule has 0 saturated carbocycles. The molecule has 76 valence electrons. The molecule has 1 aliphatic rings. The van der Waals surface area contributed by atoms with Crippen molar-refractivity contribution in [3.8, 4) is 0 Å². The average molecular weight is 244 g/mol. The van der Waals surface area contributed by atoms with Crippen LogP contribution < -0.4 is 36.6 Å². The molecule has 1 saturated heterocycles. The van der Waals surface area contributed by atoms with E-state index < -0.39 is 0 Å². The quantitative estimate of drug-likeness (QED) is 0.434. The molecule has 0 radical (unpaired) electrons. The zero-order chi connectivity index (χ0) is 7.83. The minimum atomic E-state index is 0. The third kappa shape index (κ3) is 9.15. The molecule has 1 aliphatic heterocycles. The molecule has 0 amide bonds.